The molecule has 0 bridgehead atoms. The molecule has 3 heteroatoms. The van der Waals surface area contributed by atoms with E-state index in [1.807, 2.05) is 26.0 Å². The fraction of sp³-hybridized carbons (Fsp3) is 0.500. The molecule has 0 aliphatic heterocycles. The van der Waals surface area contributed by atoms with E-state index in [9.17, 15) is 4.79 Å². The molecule has 3 nitrogen and oxygen atoms in total. The molecule has 0 saturated heterocycles. The number of carbonyl (C=O) groups excluding carboxylic acids is 1. The maximum atomic E-state index is 11.9. The summed E-state index contributed by atoms with van der Waals surface area (Å²) in [5, 5.41) is 0. The fourth-order valence-electron chi connectivity index (χ4n) is 1.79. The van der Waals surface area contributed by atoms with Crippen LogP contribution >= 0.6 is 0 Å². The van der Waals surface area contributed by atoms with Gasteiger partial charge in [0.25, 0.3) is 0 Å². The molecule has 1 aromatic rings. The normalized spacial score (nSPS) is 14.5. The minimum absolute atomic E-state index is 0.231. The average Bonchev–Trinajstić information content (AvgIpc) is 3.15. The largest absolute Gasteiger partial charge is 0.490 e. The summed E-state index contributed by atoms with van der Waals surface area (Å²) in [6.07, 6.45) is 2.05. The van der Waals surface area contributed by atoms with Crippen molar-refractivity contribution >= 4 is 5.78 Å². The molecule has 1 aromatic carbocycles. The molecule has 0 N–H and O–H groups in total. The molecule has 92 valence electrons. The van der Waals surface area contributed by atoms with Crippen molar-refractivity contribution in [2.75, 3.05) is 13.2 Å². The van der Waals surface area contributed by atoms with E-state index in [1.165, 1.54) is 0 Å². The number of ketones is 1. The highest BCUT2D eigenvalue weighted by atomic mass is 16.5. The van der Waals surface area contributed by atoms with Crippen LogP contribution in [0.4, 0.5) is 0 Å². The van der Waals surface area contributed by atoms with E-state index < -0.39 is 0 Å². The second-order valence-corrected chi connectivity index (χ2v) is 4.17. The Bertz CT molecular complexity index is 408. The van der Waals surface area contributed by atoms with Gasteiger partial charge in [-0.25, -0.2) is 0 Å². The average molecular weight is 234 g/mol. The molecule has 1 fully saturated rings. The van der Waals surface area contributed by atoms with E-state index >= 15 is 0 Å². The highest BCUT2D eigenvalue weighted by molar-refractivity contribution is 5.99. The number of hydrogen-bond donors (Lipinski definition) is 0. The minimum Gasteiger partial charge on any atom is -0.490 e. The molecular weight excluding hydrogens is 216 g/mol. The van der Waals surface area contributed by atoms with Crippen LogP contribution in [0.1, 0.15) is 37.0 Å². The van der Waals surface area contributed by atoms with E-state index in [-0.39, 0.29) is 11.7 Å². The molecule has 0 radical (unpaired) electrons. The van der Waals surface area contributed by atoms with Crippen LogP contribution in [0.2, 0.25) is 0 Å². The van der Waals surface area contributed by atoms with Gasteiger partial charge < -0.3 is 9.47 Å². The molecule has 2 rings (SSSR count). The zero-order chi connectivity index (χ0) is 12.3. The van der Waals surface area contributed by atoms with Crippen molar-refractivity contribution in [1.82, 2.24) is 0 Å². The number of ether oxygens (including phenoxy) is 2. The summed E-state index contributed by atoms with van der Waals surface area (Å²) in [4.78, 5) is 11.9. The Hall–Kier alpha value is -1.51. The zero-order valence-corrected chi connectivity index (χ0v) is 10.4. The minimum atomic E-state index is 0.231. The van der Waals surface area contributed by atoms with E-state index in [0.29, 0.717) is 24.7 Å². The van der Waals surface area contributed by atoms with Gasteiger partial charge >= 0.3 is 0 Å². The van der Waals surface area contributed by atoms with Crippen LogP contribution in [0.15, 0.2) is 18.2 Å². The van der Waals surface area contributed by atoms with Crippen molar-refractivity contribution in [2.24, 2.45) is 5.92 Å². The quantitative estimate of drug-likeness (QED) is 0.709. The van der Waals surface area contributed by atoms with Crippen LogP contribution in [0, 0.1) is 5.92 Å². The van der Waals surface area contributed by atoms with Gasteiger partial charge in [-0.3, -0.25) is 4.79 Å². The van der Waals surface area contributed by atoms with Crippen molar-refractivity contribution in [1.29, 1.82) is 0 Å². The molecule has 0 heterocycles. The molecule has 0 unspecified atom stereocenters. The lowest BCUT2D eigenvalue weighted by Gasteiger charge is -2.11. The Morgan fingerprint density at radius 3 is 2.41 bits per heavy atom. The molecule has 1 aliphatic rings. The first kappa shape index (κ1) is 12.0. The first-order valence-corrected chi connectivity index (χ1v) is 6.20. The van der Waals surface area contributed by atoms with Crippen LogP contribution < -0.4 is 9.47 Å². The summed E-state index contributed by atoms with van der Waals surface area (Å²) in [5.74, 6) is 1.85. The Balaban J connectivity index is 2.23. The van der Waals surface area contributed by atoms with Gasteiger partial charge in [0.15, 0.2) is 17.3 Å². The second-order valence-electron chi connectivity index (χ2n) is 4.17. The third-order valence-electron chi connectivity index (χ3n) is 2.78. The summed E-state index contributed by atoms with van der Waals surface area (Å²) in [7, 11) is 0. The summed E-state index contributed by atoms with van der Waals surface area (Å²) in [6.45, 7) is 5.02. The van der Waals surface area contributed by atoms with Crippen LogP contribution in [-0.4, -0.2) is 19.0 Å². The highest BCUT2D eigenvalue weighted by Crippen LogP contribution is 2.35. The van der Waals surface area contributed by atoms with E-state index in [1.54, 1.807) is 6.07 Å². The Morgan fingerprint density at radius 2 is 1.82 bits per heavy atom. The lowest BCUT2D eigenvalue weighted by molar-refractivity contribution is 0.0967. The molecule has 1 saturated carbocycles. The fourth-order valence-corrected chi connectivity index (χ4v) is 1.79. The monoisotopic (exact) mass is 234 g/mol. The van der Waals surface area contributed by atoms with Gasteiger partial charge in [-0.15, -0.1) is 0 Å². The van der Waals surface area contributed by atoms with E-state index in [0.717, 1.165) is 18.4 Å². The van der Waals surface area contributed by atoms with Gasteiger partial charge in [0.2, 0.25) is 0 Å². The highest BCUT2D eigenvalue weighted by Gasteiger charge is 2.30. The first-order chi connectivity index (χ1) is 8.26. The van der Waals surface area contributed by atoms with Crippen LogP contribution in [0.3, 0.4) is 0 Å². The van der Waals surface area contributed by atoms with E-state index in [2.05, 4.69) is 0 Å². The van der Waals surface area contributed by atoms with Crippen LogP contribution in [0.5, 0.6) is 11.5 Å². The predicted molar refractivity (Wildman–Crippen MR) is 65.8 cm³/mol. The van der Waals surface area contributed by atoms with Gasteiger partial charge in [0.1, 0.15) is 0 Å². The molecule has 0 atom stereocenters. The smallest absolute Gasteiger partial charge is 0.166 e. The number of carbonyl (C=O) groups is 1. The summed E-state index contributed by atoms with van der Waals surface area (Å²) >= 11 is 0. The van der Waals surface area contributed by atoms with Gasteiger partial charge in [-0.1, -0.05) is 0 Å². The summed E-state index contributed by atoms with van der Waals surface area (Å²) in [6, 6.07) is 5.45. The molecule has 1 aliphatic carbocycles. The lowest BCUT2D eigenvalue weighted by atomic mass is 10.1. The third kappa shape index (κ3) is 2.78. The van der Waals surface area contributed by atoms with E-state index in [4.69, 9.17) is 9.47 Å². The Kier molecular flexibility index (Phi) is 3.67. The first-order valence-electron chi connectivity index (χ1n) is 6.20. The zero-order valence-electron chi connectivity index (χ0n) is 10.4. The van der Waals surface area contributed by atoms with Crippen molar-refractivity contribution in [3.8, 4) is 11.5 Å². The van der Waals surface area contributed by atoms with Gasteiger partial charge in [-0.2, -0.15) is 0 Å². The molecule has 0 aromatic heterocycles. The van der Waals surface area contributed by atoms with Crippen molar-refractivity contribution in [3.05, 3.63) is 23.8 Å². The predicted octanol–water partition coefficient (Wildman–Crippen LogP) is 3.08. The summed E-state index contributed by atoms with van der Waals surface area (Å²) in [5.41, 5.74) is 0.736. The van der Waals surface area contributed by atoms with Gasteiger partial charge in [0, 0.05) is 11.5 Å². The SMILES string of the molecule is CCOc1ccc(C(=O)C2CC2)cc1OCC. The maximum absolute atomic E-state index is 11.9. The standard InChI is InChI=1S/C14H18O3/c1-3-16-12-8-7-11(9-13(12)17-4-2)14(15)10-5-6-10/h7-10H,3-6H2,1-2H3. The molecule has 17 heavy (non-hydrogen) atoms. The lowest BCUT2D eigenvalue weighted by Crippen LogP contribution is -2.04. The topological polar surface area (TPSA) is 35.5 Å². The number of Topliss-reactive ketones (excluding diaryl/α,β-unsaturated/α-hetero) is 1. The number of benzene rings is 1. The Labute approximate surface area is 102 Å². The van der Waals surface area contributed by atoms with Crippen molar-refractivity contribution in [3.63, 3.8) is 0 Å². The van der Waals surface area contributed by atoms with Crippen molar-refractivity contribution < 1.29 is 14.3 Å². The molecular formula is C14H18O3. The van der Waals surface area contributed by atoms with Gasteiger partial charge in [-0.05, 0) is 44.9 Å². The Morgan fingerprint density at radius 1 is 1.18 bits per heavy atom. The maximum Gasteiger partial charge on any atom is 0.166 e. The summed E-state index contributed by atoms with van der Waals surface area (Å²) < 4.78 is 11.0. The van der Waals surface area contributed by atoms with Crippen LogP contribution in [-0.2, 0) is 0 Å². The molecule has 0 amide bonds. The second kappa shape index (κ2) is 5.21. The number of rotatable bonds is 6. The van der Waals surface area contributed by atoms with Crippen LogP contribution in [0.25, 0.3) is 0 Å². The van der Waals surface area contributed by atoms with Crippen molar-refractivity contribution in [2.45, 2.75) is 26.7 Å². The number of hydrogen-bond acceptors (Lipinski definition) is 3. The molecule has 0 spiro atoms. The van der Waals surface area contributed by atoms with Gasteiger partial charge in [0.05, 0.1) is 13.2 Å². The third-order valence-corrected chi connectivity index (χ3v) is 2.78.